The van der Waals surface area contributed by atoms with E-state index in [4.69, 9.17) is 0 Å². The maximum atomic E-state index is 12.2. The Morgan fingerprint density at radius 1 is 1.39 bits per heavy atom. The molecule has 0 aromatic heterocycles. The number of rotatable bonds is 3. The number of hydrogen-bond acceptors (Lipinski definition) is 3. The summed E-state index contributed by atoms with van der Waals surface area (Å²) in [5, 5.41) is 12.3. The monoisotopic (exact) mass is 249 g/mol. The van der Waals surface area contributed by atoms with Crippen LogP contribution >= 0.6 is 0 Å². The lowest BCUT2D eigenvalue weighted by Gasteiger charge is -2.29. The van der Waals surface area contributed by atoms with E-state index in [0.717, 1.165) is 58.2 Å². The maximum Gasteiger partial charge on any atom is 0.240 e. The molecule has 0 radical (unpaired) electrons. The van der Waals surface area contributed by atoms with Gasteiger partial charge in [0.15, 0.2) is 0 Å². The number of piperidine rings is 1. The molecule has 1 N–H and O–H groups in total. The first kappa shape index (κ1) is 13.4. The lowest BCUT2D eigenvalue weighted by atomic mass is 9.86. The van der Waals surface area contributed by atoms with Gasteiger partial charge in [-0.25, -0.2) is 0 Å². The molecule has 100 valence electrons. The number of nitriles is 1. The molecule has 0 bridgehead atoms. The Balaban J connectivity index is 1.79. The third-order valence-electron chi connectivity index (χ3n) is 4.50. The fraction of sp³-hybridized carbons (Fsp3) is 0.857. The van der Waals surface area contributed by atoms with Crippen molar-refractivity contribution in [1.29, 1.82) is 5.26 Å². The van der Waals surface area contributed by atoms with Crippen LogP contribution in [0.15, 0.2) is 0 Å². The minimum atomic E-state index is -0.717. The highest BCUT2D eigenvalue weighted by Crippen LogP contribution is 2.37. The fourth-order valence-electron chi connectivity index (χ4n) is 3.04. The van der Waals surface area contributed by atoms with Crippen molar-refractivity contribution in [2.24, 2.45) is 11.3 Å². The Hall–Kier alpha value is -1.08. The standard InChI is InChI=1S/C14H23N3O/c1-17-8-4-12(5-9-17)10-16-13(18)14(11-15)6-2-3-7-14/h12H,2-10H2,1H3,(H,16,18). The van der Waals surface area contributed by atoms with E-state index in [9.17, 15) is 10.1 Å². The van der Waals surface area contributed by atoms with E-state index in [1.807, 2.05) is 0 Å². The maximum absolute atomic E-state index is 12.2. The van der Waals surface area contributed by atoms with Crippen LogP contribution in [-0.2, 0) is 4.79 Å². The van der Waals surface area contributed by atoms with Gasteiger partial charge in [0.05, 0.1) is 6.07 Å². The molecule has 2 fully saturated rings. The van der Waals surface area contributed by atoms with Crippen LogP contribution in [0.25, 0.3) is 0 Å². The van der Waals surface area contributed by atoms with Crippen molar-refractivity contribution in [3.63, 3.8) is 0 Å². The molecule has 1 aliphatic heterocycles. The molecule has 1 aliphatic carbocycles. The van der Waals surface area contributed by atoms with Crippen molar-refractivity contribution in [3.8, 4) is 6.07 Å². The van der Waals surface area contributed by atoms with Crippen LogP contribution in [0.2, 0.25) is 0 Å². The van der Waals surface area contributed by atoms with Crippen LogP contribution in [0.3, 0.4) is 0 Å². The number of amides is 1. The highest BCUT2D eigenvalue weighted by atomic mass is 16.2. The highest BCUT2D eigenvalue weighted by Gasteiger charge is 2.41. The number of likely N-dealkylation sites (tertiary alicyclic amines) is 1. The first-order valence-electron chi connectivity index (χ1n) is 7.04. The molecule has 1 saturated heterocycles. The molecular formula is C14H23N3O. The van der Waals surface area contributed by atoms with Gasteiger partial charge in [-0.2, -0.15) is 5.26 Å². The molecular weight excluding hydrogens is 226 g/mol. The van der Waals surface area contributed by atoms with Gasteiger partial charge in [-0.3, -0.25) is 4.79 Å². The summed E-state index contributed by atoms with van der Waals surface area (Å²) >= 11 is 0. The second kappa shape index (κ2) is 5.71. The molecule has 0 atom stereocenters. The molecule has 4 heteroatoms. The number of hydrogen-bond donors (Lipinski definition) is 1. The van der Waals surface area contributed by atoms with E-state index in [1.54, 1.807) is 0 Å². The molecule has 0 aromatic rings. The Kier molecular flexibility index (Phi) is 4.23. The molecule has 2 rings (SSSR count). The van der Waals surface area contributed by atoms with Crippen LogP contribution in [0.5, 0.6) is 0 Å². The molecule has 1 heterocycles. The zero-order chi connectivity index (χ0) is 13.0. The average molecular weight is 249 g/mol. The van der Waals surface area contributed by atoms with Gasteiger partial charge in [0.2, 0.25) is 5.91 Å². The van der Waals surface area contributed by atoms with Gasteiger partial charge >= 0.3 is 0 Å². The van der Waals surface area contributed by atoms with Crippen LogP contribution in [-0.4, -0.2) is 37.5 Å². The third-order valence-corrected chi connectivity index (χ3v) is 4.50. The highest BCUT2D eigenvalue weighted by molar-refractivity contribution is 5.85. The molecule has 2 aliphatic rings. The minimum absolute atomic E-state index is 0.0265. The summed E-state index contributed by atoms with van der Waals surface area (Å²) in [4.78, 5) is 14.5. The summed E-state index contributed by atoms with van der Waals surface area (Å²) in [6.45, 7) is 2.98. The van der Waals surface area contributed by atoms with Crippen molar-refractivity contribution < 1.29 is 4.79 Å². The van der Waals surface area contributed by atoms with Crippen LogP contribution < -0.4 is 5.32 Å². The van der Waals surface area contributed by atoms with Crippen molar-refractivity contribution in [3.05, 3.63) is 0 Å². The van der Waals surface area contributed by atoms with Gasteiger partial charge in [0.25, 0.3) is 0 Å². The molecule has 4 nitrogen and oxygen atoms in total. The van der Waals surface area contributed by atoms with Gasteiger partial charge in [-0.15, -0.1) is 0 Å². The molecule has 0 unspecified atom stereocenters. The third kappa shape index (κ3) is 2.84. The molecule has 0 spiro atoms. The van der Waals surface area contributed by atoms with Gasteiger partial charge in [-0.1, -0.05) is 12.8 Å². The summed E-state index contributed by atoms with van der Waals surface area (Å²) in [6, 6.07) is 2.25. The number of carbonyl (C=O) groups is 1. The Morgan fingerprint density at radius 3 is 2.56 bits per heavy atom. The second-order valence-corrected chi connectivity index (χ2v) is 5.86. The van der Waals surface area contributed by atoms with Gasteiger partial charge in [0.1, 0.15) is 5.41 Å². The summed E-state index contributed by atoms with van der Waals surface area (Å²) in [5.41, 5.74) is -0.717. The van der Waals surface area contributed by atoms with E-state index < -0.39 is 5.41 Å². The quantitative estimate of drug-likeness (QED) is 0.825. The predicted molar refractivity (Wildman–Crippen MR) is 69.7 cm³/mol. The van der Waals surface area contributed by atoms with Gasteiger partial charge < -0.3 is 10.2 Å². The molecule has 1 amide bonds. The molecule has 1 saturated carbocycles. The average Bonchev–Trinajstić information content (AvgIpc) is 2.88. The summed E-state index contributed by atoms with van der Waals surface area (Å²) in [6.07, 6.45) is 5.79. The van der Waals surface area contributed by atoms with Gasteiger partial charge in [0, 0.05) is 6.54 Å². The SMILES string of the molecule is CN1CCC(CNC(=O)C2(C#N)CCCC2)CC1. The van der Waals surface area contributed by atoms with E-state index in [-0.39, 0.29) is 5.91 Å². The lowest BCUT2D eigenvalue weighted by Crippen LogP contribution is -2.42. The fourth-order valence-corrected chi connectivity index (χ4v) is 3.04. The van der Waals surface area contributed by atoms with Crippen LogP contribution in [0.4, 0.5) is 0 Å². The van der Waals surface area contributed by atoms with Crippen LogP contribution in [0.1, 0.15) is 38.5 Å². The van der Waals surface area contributed by atoms with E-state index in [0.29, 0.717) is 5.92 Å². The Labute approximate surface area is 109 Å². The predicted octanol–water partition coefficient (Wildman–Crippen LogP) is 1.53. The van der Waals surface area contributed by atoms with Crippen molar-refractivity contribution >= 4 is 5.91 Å². The molecule has 0 aromatic carbocycles. The van der Waals surface area contributed by atoms with E-state index >= 15 is 0 Å². The van der Waals surface area contributed by atoms with Crippen molar-refractivity contribution in [2.75, 3.05) is 26.7 Å². The first-order chi connectivity index (χ1) is 8.66. The van der Waals surface area contributed by atoms with E-state index in [2.05, 4.69) is 23.3 Å². The molecule has 18 heavy (non-hydrogen) atoms. The van der Waals surface area contributed by atoms with Gasteiger partial charge in [-0.05, 0) is 51.7 Å². The van der Waals surface area contributed by atoms with E-state index in [1.165, 1.54) is 0 Å². The number of carbonyl (C=O) groups excluding carboxylic acids is 1. The lowest BCUT2D eigenvalue weighted by molar-refractivity contribution is -0.128. The van der Waals surface area contributed by atoms with Crippen molar-refractivity contribution in [1.82, 2.24) is 10.2 Å². The number of nitrogens with one attached hydrogen (secondary N) is 1. The first-order valence-corrected chi connectivity index (χ1v) is 7.04. The second-order valence-electron chi connectivity index (χ2n) is 5.86. The summed E-state index contributed by atoms with van der Waals surface area (Å²) < 4.78 is 0. The minimum Gasteiger partial charge on any atom is -0.354 e. The normalized spacial score (nSPS) is 24.7. The van der Waals surface area contributed by atoms with Crippen LogP contribution in [0, 0.1) is 22.7 Å². The topological polar surface area (TPSA) is 56.1 Å². The zero-order valence-electron chi connectivity index (χ0n) is 11.2. The zero-order valence-corrected chi connectivity index (χ0v) is 11.2. The van der Waals surface area contributed by atoms with Crippen molar-refractivity contribution in [2.45, 2.75) is 38.5 Å². The Bertz CT molecular complexity index is 333. The number of nitrogens with zero attached hydrogens (tertiary/aromatic N) is 2. The summed E-state index contributed by atoms with van der Waals surface area (Å²) in [7, 11) is 2.14. The smallest absolute Gasteiger partial charge is 0.240 e. The Morgan fingerprint density at radius 2 is 2.00 bits per heavy atom. The summed E-state index contributed by atoms with van der Waals surface area (Å²) in [5.74, 6) is 0.559. The largest absolute Gasteiger partial charge is 0.354 e.